The maximum atomic E-state index is 12.3. The summed E-state index contributed by atoms with van der Waals surface area (Å²) in [7, 11) is -3.70. The van der Waals surface area contributed by atoms with Gasteiger partial charge in [-0.1, -0.05) is 17.7 Å². The minimum atomic E-state index is -3.70. The summed E-state index contributed by atoms with van der Waals surface area (Å²) < 4.78 is 37.9. The number of hydrogen-bond acceptors (Lipinski definition) is 5. The van der Waals surface area contributed by atoms with Crippen molar-refractivity contribution in [2.75, 3.05) is 13.2 Å². The van der Waals surface area contributed by atoms with Crippen molar-refractivity contribution in [2.24, 2.45) is 0 Å². The van der Waals surface area contributed by atoms with Gasteiger partial charge in [-0.2, -0.15) is 0 Å². The largest absolute Gasteiger partial charge is 0.491 e. The Kier molecular flexibility index (Phi) is 6.91. The molecule has 1 heterocycles. The van der Waals surface area contributed by atoms with Crippen LogP contribution in [-0.2, 0) is 16.6 Å². The third kappa shape index (κ3) is 5.71. The fourth-order valence-electron chi connectivity index (χ4n) is 2.84. The molecule has 0 aliphatic heterocycles. The highest BCUT2D eigenvalue weighted by Gasteiger charge is 2.15. The number of hydrogen-bond donors (Lipinski definition) is 2. The molecule has 0 unspecified atom stereocenters. The Balaban J connectivity index is 1.49. The Morgan fingerprint density at radius 1 is 1.07 bits per heavy atom. The number of nitrogens with one attached hydrogen (secondary N) is 2. The molecule has 3 rings (SSSR count). The van der Waals surface area contributed by atoms with Crippen molar-refractivity contribution in [1.82, 2.24) is 10.0 Å². The van der Waals surface area contributed by atoms with E-state index in [2.05, 4.69) is 10.0 Å². The van der Waals surface area contributed by atoms with Crippen LogP contribution in [0.25, 0.3) is 0 Å². The molecule has 0 saturated carbocycles. The average molecular weight is 429 g/mol. The lowest BCUT2D eigenvalue weighted by molar-refractivity contribution is 0.0947. The van der Waals surface area contributed by atoms with E-state index < -0.39 is 10.0 Å². The van der Waals surface area contributed by atoms with Gasteiger partial charge in [0.15, 0.2) is 0 Å². The summed E-state index contributed by atoms with van der Waals surface area (Å²) in [5.74, 6) is 0.996. The van der Waals surface area contributed by atoms with E-state index in [0.717, 1.165) is 16.9 Å². The van der Waals surface area contributed by atoms with Gasteiger partial charge in [-0.05, 0) is 61.9 Å². The molecule has 8 heteroatoms. The van der Waals surface area contributed by atoms with E-state index in [1.807, 2.05) is 32.0 Å². The topological polar surface area (TPSA) is 97.6 Å². The van der Waals surface area contributed by atoms with E-state index >= 15 is 0 Å². The summed E-state index contributed by atoms with van der Waals surface area (Å²) in [6.45, 7) is 4.70. The fraction of sp³-hybridized carbons (Fsp3) is 0.227. The lowest BCUT2D eigenvalue weighted by atomic mass is 10.1. The summed E-state index contributed by atoms with van der Waals surface area (Å²) in [6.07, 6.45) is 1.48. The van der Waals surface area contributed by atoms with Crippen LogP contribution in [0, 0.1) is 13.8 Å². The van der Waals surface area contributed by atoms with Crippen molar-refractivity contribution in [2.45, 2.75) is 25.3 Å². The predicted molar refractivity (Wildman–Crippen MR) is 113 cm³/mol. The average Bonchev–Trinajstić information content (AvgIpc) is 3.25. The van der Waals surface area contributed by atoms with Gasteiger partial charge < -0.3 is 14.5 Å². The van der Waals surface area contributed by atoms with E-state index in [1.165, 1.54) is 30.5 Å². The molecule has 0 spiro atoms. The number of aryl methyl sites for hydroxylation is 2. The first kappa shape index (κ1) is 21.6. The summed E-state index contributed by atoms with van der Waals surface area (Å²) >= 11 is 0. The number of ether oxygens (including phenoxy) is 1. The summed E-state index contributed by atoms with van der Waals surface area (Å²) in [4.78, 5) is 12.3. The van der Waals surface area contributed by atoms with Crippen molar-refractivity contribution >= 4 is 15.9 Å². The van der Waals surface area contributed by atoms with Crippen LogP contribution in [0.1, 0.15) is 27.2 Å². The zero-order valence-corrected chi connectivity index (χ0v) is 17.7. The van der Waals surface area contributed by atoms with Crippen molar-refractivity contribution < 1.29 is 22.4 Å². The van der Waals surface area contributed by atoms with E-state index in [0.29, 0.717) is 24.5 Å². The Labute approximate surface area is 176 Å². The third-order valence-electron chi connectivity index (χ3n) is 4.42. The molecule has 7 nitrogen and oxygen atoms in total. The van der Waals surface area contributed by atoms with Gasteiger partial charge in [-0.25, -0.2) is 13.1 Å². The van der Waals surface area contributed by atoms with Crippen LogP contribution in [0.15, 0.2) is 70.2 Å². The highest BCUT2D eigenvalue weighted by atomic mass is 32.2. The quantitative estimate of drug-likeness (QED) is 0.510. The summed E-state index contributed by atoms with van der Waals surface area (Å²) in [5.41, 5.74) is 2.57. The van der Waals surface area contributed by atoms with Gasteiger partial charge in [0.1, 0.15) is 18.1 Å². The van der Waals surface area contributed by atoms with Crippen molar-refractivity contribution in [3.63, 3.8) is 0 Å². The molecule has 0 bridgehead atoms. The fourth-order valence-corrected chi connectivity index (χ4v) is 3.83. The Bertz CT molecular complexity index is 1090. The van der Waals surface area contributed by atoms with Crippen LogP contribution >= 0.6 is 0 Å². The molecule has 1 amide bonds. The minimum Gasteiger partial charge on any atom is -0.491 e. The first-order valence-corrected chi connectivity index (χ1v) is 10.9. The zero-order chi connectivity index (χ0) is 21.6. The maximum Gasteiger partial charge on any atom is 0.251 e. The number of carbonyl (C=O) groups is 1. The molecule has 2 N–H and O–H groups in total. The molecule has 0 radical (unpaired) electrons. The van der Waals surface area contributed by atoms with Crippen LogP contribution in [0.2, 0.25) is 0 Å². The predicted octanol–water partition coefficient (Wildman–Crippen LogP) is 3.18. The lowest BCUT2D eigenvalue weighted by Crippen LogP contribution is -2.28. The number of carbonyl (C=O) groups excluding carboxylic acids is 1. The Hall–Kier alpha value is -3.10. The van der Waals surface area contributed by atoms with Crippen molar-refractivity contribution in [3.05, 3.63) is 83.3 Å². The summed E-state index contributed by atoms with van der Waals surface area (Å²) in [5, 5.41) is 2.76. The first-order chi connectivity index (χ1) is 14.3. The zero-order valence-electron chi connectivity index (χ0n) is 16.8. The Morgan fingerprint density at radius 2 is 1.83 bits per heavy atom. The standard InChI is InChI=1S/C22H24N2O5S/c1-16-5-10-21(17(2)14-16)29-13-11-23-22(25)18-6-8-20(9-7-18)30(26,27)24-15-19-4-3-12-28-19/h3-10,12,14,24H,11,13,15H2,1-2H3,(H,23,25). The number of sulfonamides is 1. The molecule has 158 valence electrons. The second-order valence-electron chi connectivity index (χ2n) is 6.80. The van der Waals surface area contributed by atoms with Gasteiger partial charge in [-0.15, -0.1) is 0 Å². The molecule has 1 aromatic heterocycles. The van der Waals surface area contributed by atoms with Crippen LogP contribution in [-0.4, -0.2) is 27.5 Å². The Morgan fingerprint density at radius 3 is 2.50 bits per heavy atom. The summed E-state index contributed by atoms with van der Waals surface area (Å²) in [6, 6.07) is 15.0. The van der Waals surface area contributed by atoms with Crippen LogP contribution in [0.5, 0.6) is 5.75 Å². The van der Waals surface area contributed by atoms with Crippen molar-refractivity contribution in [1.29, 1.82) is 0 Å². The second-order valence-corrected chi connectivity index (χ2v) is 8.57. The molecule has 0 fully saturated rings. The smallest absolute Gasteiger partial charge is 0.251 e. The highest BCUT2D eigenvalue weighted by molar-refractivity contribution is 7.89. The SMILES string of the molecule is Cc1ccc(OCCNC(=O)c2ccc(S(=O)(=O)NCc3ccco3)cc2)c(C)c1. The third-order valence-corrected chi connectivity index (χ3v) is 5.84. The molecule has 0 atom stereocenters. The second kappa shape index (κ2) is 9.60. The van der Waals surface area contributed by atoms with Gasteiger partial charge in [0, 0.05) is 5.56 Å². The van der Waals surface area contributed by atoms with Gasteiger partial charge >= 0.3 is 0 Å². The van der Waals surface area contributed by atoms with Gasteiger partial charge in [0.2, 0.25) is 10.0 Å². The first-order valence-electron chi connectivity index (χ1n) is 9.45. The number of rotatable bonds is 9. The van der Waals surface area contributed by atoms with E-state index in [-0.39, 0.29) is 17.3 Å². The van der Waals surface area contributed by atoms with E-state index in [9.17, 15) is 13.2 Å². The molecule has 0 aliphatic rings. The molecule has 0 aliphatic carbocycles. The van der Waals surface area contributed by atoms with Crippen molar-refractivity contribution in [3.8, 4) is 5.75 Å². The maximum absolute atomic E-state index is 12.3. The van der Waals surface area contributed by atoms with Crippen LogP contribution in [0.3, 0.4) is 0 Å². The number of amides is 1. The molecule has 3 aromatic rings. The van der Waals surface area contributed by atoms with Gasteiger partial charge in [-0.3, -0.25) is 4.79 Å². The number of benzene rings is 2. The minimum absolute atomic E-state index is 0.0536. The van der Waals surface area contributed by atoms with Gasteiger partial charge in [0.05, 0.1) is 24.2 Å². The van der Waals surface area contributed by atoms with Crippen LogP contribution < -0.4 is 14.8 Å². The van der Waals surface area contributed by atoms with E-state index in [1.54, 1.807) is 12.1 Å². The lowest BCUT2D eigenvalue weighted by Gasteiger charge is -2.11. The normalized spacial score (nSPS) is 11.3. The highest BCUT2D eigenvalue weighted by Crippen LogP contribution is 2.18. The molecular weight excluding hydrogens is 404 g/mol. The monoisotopic (exact) mass is 428 g/mol. The molecule has 30 heavy (non-hydrogen) atoms. The van der Waals surface area contributed by atoms with E-state index in [4.69, 9.17) is 9.15 Å². The van der Waals surface area contributed by atoms with Gasteiger partial charge in [0.25, 0.3) is 5.91 Å². The van der Waals surface area contributed by atoms with Crippen LogP contribution in [0.4, 0.5) is 0 Å². The number of furan rings is 1. The molecule has 0 saturated heterocycles. The molecular formula is C22H24N2O5S. The molecule has 2 aromatic carbocycles.